The van der Waals surface area contributed by atoms with E-state index >= 15 is 0 Å². The van der Waals surface area contributed by atoms with Crippen LogP contribution in [0.3, 0.4) is 0 Å². The Morgan fingerprint density at radius 1 is 1.22 bits per heavy atom. The normalized spacial score (nSPS) is 11.8. The molecule has 8 heteroatoms. The van der Waals surface area contributed by atoms with Crippen molar-refractivity contribution in [3.63, 3.8) is 0 Å². The lowest BCUT2D eigenvalue weighted by Crippen LogP contribution is -2.38. The van der Waals surface area contributed by atoms with Gasteiger partial charge < -0.3 is 20.2 Å². The second-order valence-electron chi connectivity index (χ2n) is 4.64. The molecule has 23 heavy (non-hydrogen) atoms. The van der Waals surface area contributed by atoms with Crippen molar-refractivity contribution in [2.75, 3.05) is 13.1 Å². The van der Waals surface area contributed by atoms with Gasteiger partial charge in [-0.05, 0) is 24.3 Å². The molecule has 0 fully saturated rings. The zero-order chi connectivity index (χ0) is 16.8. The molecule has 0 spiro atoms. The van der Waals surface area contributed by atoms with Crippen LogP contribution < -0.4 is 10.6 Å². The first-order valence-corrected chi connectivity index (χ1v) is 6.69. The fraction of sp³-hybridized carbons (Fsp3) is 0.200. The molecule has 1 aromatic carbocycles. The average Bonchev–Trinajstić information content (AvgIpc) is 3.04. The first kappa shape index (κ1) is 16.6. The second kappa shape index (κ2) is 7.50. The number of rotatable bonds is 6. The maximum atomic E-state index is 13.4. The van der Waals surface area contributed by atoms with Crippen molar-refractivity contribution in [1.29, 1.82) is 0 Å². The number of aliphatic hydroxyl groups excluding tert-OH is 1. The molecule has 6 nitrogen and oxygen atoms in total. The molecule has 0 radical (unpaired) electrons. The Bertz CT molecular complexity index is 689. The number of aliphatic hydroxyl groups is 1. The molecule has 1 atom stereocenters. The van der Waals surface area contributed by atoms with Gasteiger partial charge in [-0.2, -0.15) is 0 Å². The SMILES string of the molecule is O=C(CNC(=O)c1ccc(F)cc1F)NCC(O)c1ccco1. The predicted molar refractivity (Wildman–Crippen MR) is 75.4 cm³/mol. The van der Waals surface area contributed by atoms with Crippen LogP contribution in [0.15, 0.2) is 41.0 Å². The number of benzene rings is 1. The third kappa shape index (κ3) is 4.62. The van der Waals surface area contributed by atoms with Gasteiger partial charge in [0.15, 0.2) is 0 Å². The second-order valence-corrected chi connectivity index (χ2v) is 4.64. The standard InChI is InChI=1S/C15H14F2N2O4/c16-9-3-4-10(11(17)6-9)15(22)19-8-14(21)18-7-12(20)13-2-1-5-23-13/h1-6,12,20H,7-8H2,(H,18,21)(H,19,22). The number of furan rings is 1. The van der Waals surface area contributed by atoms with Crippen LogP contribution in [-0.4, -0.2) is 30.0 Å². The van der Waals surface area contributed by atoms with Gasteiger partial charge in [0.05, 0.1) is 24.9 Å². The molecule has 0 saturated heterocycles. The maximum Gasteiger partial charge on any atom is 0.254 e. The van der Waals surface area contributed by atoms with E-state index in [1.54, 1.807) is 12.1 Å². The zero-order valence-electron chi connectivity index (χ0n) is 11.9. The van der Waals surface area contributed by atoms with Crippen LogP contribution in [0.2, 0.25) is 0 Å². The van der Waals surface area contributed by atoms with E-state index in [1.165, 1.54) is 6.26 Å². The lowest BCUT2D eigenvalue weighted by molar-refractivity contribution is -0.120. The topological polar surface area (TPSA) is 91.6 Å². The summed E-state index contributed by atoms with van der Waals surface area (Å²) in [5.74, 6) is -2.95. The summed E-state index contributed by atoms with van der Waals surface area (Å²) in [6.45, 7) is -0.520. The van der Waals surface area contributed by atoms with Gasteiger partial charge >= 0.3 is 0 Å². The molecule has 2 aromatic rings. The molecule has 122 valence electrons. The van der Waals surface area contributed by atoms with Crippen molar-refractivity contribution in [3.05, 3.63) is 59.6 Å². The van der Waals surface area contributed by atoms with Crippen molar-refractivity contribution in [1.82, 2.24) is 10.6 Å². The summed E-state index contributed by atoms with van der Waals surface area (Å²) in [5, 5.41) is 14.3. The molecule has 2 rings (SSSR count). The summed E-state index contributed by atoms with van der Waals surface area (Å²) < 4.78 is 31.1. The van der Waals surface area contributed by atoms with Gasteiger partial charge in [-0.15, -0.1) is 0 Å². The average molecular weight is 324 g/mol. The zero-order valence-corrected chi connectivity index (χ0v) is 11.9. The van der Waals surface area contributed by atoms with Gasteiger partial charge in [0, 0.05) is 6.07 Å². The Labute approximate surface area is 130 Å². The molecular weight excluding hydrogens is 310 g/mol. The summed E-state index contributed by atoms with van der Waals surface area (Å²) in [7, 11) is 0. The van der Waals surface area contributed by atoms with E-state index in [0.29, 0.717) is 11.8 Å². The highest BCUT2D eigenvalue weighted by molar-refractivity contribution is 5.96. The smallest absolute Gasteiger partial charge is 0.254 e. The van der Waals surface area contributed by atoms with Crippen LogP contribution in [0.4, 0.5) is 8.78 Å². The molecule has 0 aliphatic rings. The van der Waals surface area contributed by atoms with E-state index in [-0.39, 0.29) is 12.1 Å². The van der Waals surface area contributed by atoms with Crippen LogP contribution in [0.5, 0.6) is 0 Å². The van der Waals surface area contributed by atoms with E-state index in [1.807, 2.05) is 0 Å². The van der Waals surface area contributed by atoms with Gasteiger partial charge in [0.1, 0.15) is 23.5 Å². The number of halogens is 2. The van der Waals surface area contributed by atoms with Crippen molar-refractivity contribution in [3.8, 4) is 0 Å². The summed E-state index contributed by atoms with van der Waals surface area (Å²) >= 11 is 0. The molecule has 0 bridgehead atoms. The van der Waals surface area contributed by atoms with E-state index in [0.717, 1.165) is 12.1 Å². The number of amides is 2. The lowest BCUT2D eigenvalue weighted by atomic mass is 10.2. The van der Waals surface area contributed by atoms with Gasteiger partial charge in [0.25, 0.3) is 5.91 Å². The summed E-state index contributed by atoms with van der Waals surface area (Å²) in [6.07, 6.45) is 0.372. The van der Waals surface area contributed by atoms with Crippen LogP contribution in [-0.2, 0) is 4.79 Å². The van der Waals surface area contributed by atoms with Crippen LogP contribution in [0, 0.1) is 11.6 Å². The molecule has 1 aromatic heterocycles. The Morgan fingerprint density at radius 2 is 2.00 bits per heavy atom. The summed E-state index contributed by atoms with van der Waals surface area (Å²) in [6, 6.07) is 5.65. The minimum absolute atomic E-state index is 0.104. The van der Waals surface area contributed by atoms with Gasteiger partial charge in [-0.3, -0.25) is 9.59 Å². The highest BCUT2D eigenvalue weighted by atomic mass is 19.1. The highest BCUT2D eigenvalue weighted by Gasteiger charge is 2.15. The summed E-state index contributed by atoms with van der Waals surface area (Å²) in [4.78, 5) is 23.3. The Morgan fingerprint density at radius 3 is 2.65 bits per heavy atom. The van der Waals surface area contributed by atoms with Crippen LogP contribution in [0.25, 0.3) is 0 Å². The van der Waals surface area contributed by atoms with Crippen molar-refractivity contribution in [2.45, 2.75) is 6.10 Å². The minimum Gasteiger partial charge on any atom is -0.467 e. The molecule has 0 saturated carbocycles. The molecule has 1 heterocycles. The van der Waals surface area contributed by atoms with Gasteiger partial charge in [0.2, 0.25) is 5.91 Å². The highest BCUT2D eigenvalue weighted by Crippen LogP contribution is 2.11. The molecule has 2 amide bonds. The Kier molecular flexibility index (Phi) is 5.42. The number of hydrogen-bond acceptors (Lipinski definition) is 4. The molecule has 0 aliphatic heterocycles. The first-order chi connectivity index (χ1) is 11.0. The molecular formula is C15H14F2N2O4. The van der Waals surface area contributed by atoms with Crippen molar-refractivity contribution >= 4 is 11.8 Å². The Balaban J connectivity index is 1.78. The fourth-order valence-electron chi connectivity index (χ4n) is 1.78. The van der Waals surface area contributed by atoms with Crippen LogP contribution in [0.1, 0.15) is 22.2 Å². The van der Waals surface area contributed by atoms with Gasteiger partial charge in [-0.1, -0.05) is 0 Å². The molecule has 0 aliphatic carbocycles. The van der Waals surface area contributed by atoms with Crippen molar-refractivity contribution in [2.24, 2.45) is 0 Å². The predicted octanol–water partition coefficient (Wildman–Crippen LogP) is 1.14. The number of carbonyl (C=O) groups excluding carboxylic acids is 2. The monoisotopic (exact) mass is 324 g/mol. The number of carbonyl (C=O) groups is 2. The van der Waals surface area contributed by atoms with E-state index < -0.39 is 36.1 Å². The van der Waals surface area contributed by atoms with E-state index in [9.17, 15) is 23.5 Å². The van der Waals surface area contributed by atoms with Crippen molar-refractivity contribution < 1.29 is 27.9 Å². The maximum absolute atomic E-state index is 13.4. The lowest BCUT2D eigenvalue weighted by Gasteiger charge is -2.10. The van der Waals surface area contributed by atoms with Gasteiger partial charge in [-0.25, -0.2) is 8.78 Å². The largest absolute Gasteiger partial charge is 0.467 e. The molecule has 1 unspecified atom stereocenters. The molecule has 3 N–H and O–H groups in total. The number of nitrogens with one attached hydrogen (secondary N) is 2. The summed E-state index contributed by atoms with van der Waals surface area (Å²) in [5.41, 5.74) is -0.366. The minimum atomic E-state index is -1.02. The first-order valence-electron chi connectivity index (χ1n) is 6.69. The van der Waals surface area contributed by atoms with Crippen LogP contribution >= 0.6 is 0 Å². The third-order valence-corrected chi connectivity index (χ3v) is 2.95. The third-order valence-electron chi connectivity index (χ3n) is 2.95. The van der Waals surface area contributed by atoms with E-state index in [2.05, 4.69) is 10.6 Å². The fourth-order valence-corrected chi connectivity index (χ4v) is 1.78. The van der Waals surface area contributed by atoms with E-state index in [4.69, 9.17) is 4.42 Å². The quantitative estimate of drug-likeness (QED) is 0.743. The number of hydrogen-bond donors (Lipinski definition) is 3. The Hall–Kier alpha value is -2.74.